The second-order valence-corrected chi connectivity index (χ2v) is 6.40. The van der Waals surface area contributed by atoms with Crippen molar-refractivity contribution in [3.8, 4) is 11.8 Å². The molecule has 0 aliphatic carbocycles. The lowest BCUT2D eigenvalue weighted by Crippen LogP contribution is -2.31. The van der Waals surface area contributed by atoms with Gasteiger partial charge in [-0.3, -0.25) is 0 Å². The number of hydrogen-bond acceptors (Lipinski definition) is 4. The smallest absolute Gasteiger partial charge is 0.330 e. The molecule has 0 radical (unpaired) electrons. The van der Waals surface area contributed by atoms with Gasteiger partial charge in [-0.2, -0.15) is 4.31 Å². The quantitative estimate of drug-likeness (QED) is 0.455. The summed E-state index contributed by atoms with van der Waals surface area (Å²) in [4.78, 5) is 11.3. The summed E-state index contributed by atoms with van der Waals surface area (Å²) in [6, 6.07) is 6.59. The van der Waals surface area contributed by atoms with Gasteiger partial charge in [-0.05, 0) is 26.0 Å². The van der Waals surface area contributed by atoms with Crippen molar-refractivity contribution in [2.45, 2.75) is 18.7 Å². The van der Waals surface area contributed by atoms with Crippen molar-refractivity contribution in [1.29, 1.82) is 0 Å². The van der Waals surface area contributed by atoms with Crippen molar-refractivity contribution in [3.63, 3.8) is 0 Å². The minimum Gasteiger partial charge on any atom is -0.466 e. The Labute approximate surface area is 131 Å². The molecule has 0 aliphatic rings. The van der Waals surface area contributed by atoms with Gasteiger partial charge >= 0.3 is 5.97 Å². The maximum Gasteiger partial charge on any atom is 0.330 e. The second-order valence-electron chi connectivity index (χ2n) is 4.46. The lowest BCUT2D eigenvalue weighted by atomic mass is 10.2. The lowest BCUT2D eigenvalue weighted by molar-refractivity contribution is -0.134. The number of methoxy groups -OCH3 is 1. The molecule has 0 amide bonds. The third-order valence-electron chi connectivity index (χ3n) is 2.86. The molecule has 5 nitrogen and oxygen atoms in total. The molecule has 0 unspecified atom stereocenters. The van der Waals surface area contributed by atoms with E-state index in [-0.39, 0.29) is 18.0 Å². The molecule has 1 rings (SSSR count). The summed E-state index contributed by atoms with van der Waals surface area (Å²) in [7, 11) is -2.41. The molecule has 0 atom stereocenters. The number of esters is 1. The van der Waals surface area contributed by atoms with E-state index < -0.39 is 16.0 Å². The first-order chi connectivity index (χ1) is 10.4. The van der Waals surface area contributed by atoms with E-state index in [1.165, 1.54) is 23.6 Å². The van der Waals surface area contributed by atoms with E-state index in [2.05, 4.69) is 16.6 Å². The molecular weight excluding hydrogens is 302 g/mol. The molecule has 0 spiro atoms. The number of hydrogen-bond donors (Lipinski definition) is 0. The van der Waals surface area contributed by atoms with Crippen molar-refractivity contribution < 1.29 is 17.9 Å². The minimum absolute atomic E-state index is 0.0417. The highest BCUT2D eigenvalue weighted by molar-refractivity contribution is 7.89. The fraction of sp³-hybridized carbons (Fsp3) is 0.312. The maximum absolute atomic E-state index is 12.6. The Bertz CT molecular complexity index is 694. The Morgan fingerprint density at radius 1 is 1.32 bits per heavy atom. The number of carbonyl (C=O) groups excluding carboxylic acids is 1. The van der Waals surface area contributed by atoms with Gasteiger partial charge in [0, 0.05) is 12.6 Å². The van der Waals surface area contributed by atoms with Crippen molar-refractivity contribution in [2.24, 2.45) is 0 Å². The molecule has 0 N–H and O–H groups in total. The Kier molecular flexibility index (Phi) is 6.83. The van der Waals surface area contributed by atoms with Gasteiger partial charge in [-0.15, -0.1) is 5.92 Å². The molecule has 0 bridgehead atoms. The summed E-state index contributed by atoms with van der Waals surface area (Å²) in [5.74, 6) is 4.87. The molecular formula is C16H19NO4S. The zero-order chi connectivity index (χ0) is 16.6. The van der Waals surface area contributed by atoms with Crippen LogP contribution in [0.15, 0.2) is 41.3 Å². The van der Waals surface area contributed by atoms with Crippen molar-refractivity contribution >= 4 is 16.0 Å². The van der Waals surface area contributed by atoms with Crippen LogP contribution in [0.4, 0.5) is 0 Å². The molecule has 22 heavy (non-hydrogen) atoms. The van der Waals surface area contributed by atoms with Gasteiger partial charge in [0.05, 0.1) is 18.6 Å². The van der Waals surface area contributed by atoms with Gasteiger partial charge in [0.25, 0.3) is 0 Å². The van der Waals surface area contributed by atoms with Crippen LogP contribution in [0.3, 0.4) is 0 Å². The normalized spacial score (nSPS) is 11.3. The fourth-order valence-corrected chi connectivity index (χ4v) is 2.90. The predicted molar refractivity (Wildman–Crippen MR) is 84.5 cm³/mol. The first-order valence-corrected chi connectivity index (χ1v) is 8.06. The molecule has 0 aliphatic heterocycles. The van der Waals surface area contributed by atoms with E-state index >= 15 is 0 Å². The summed E-state index contributed by atoms with van der Waals surface area (Å²) in [5, 5.41) is 0. The molecule has 6 heteroatoms. The largest absolute Gasteiger partial charge is 0.466 e. The zero-order valence-corrected chi connectivity index (χ0v) is 13.7. The van der Waals surface area contributed by atoms with E-state index in [1.54, 1.807) is 31.2 Å². The average Bonchev–Trinajstić information content (AvgIpc) is 2.50. The summed E-state index contributed by atoms with van der Waals surface area (Å²) >= 11 is 0. The van der Waals surface area contributed by atoms with Gasteiger partial charge in [0.15, 0.2) is 0 Å². The summed E-state index contributed by atoms with van der Waals surface area (Å²) in [5.41, 5.74) is 0.976. The monoisotopic (exact) mass is 321 g/mol. The van der Waals surface area contributed by atoms with Crippen LogP contribution in [0.25, 0.3) is 0 Å². The van der Waals surface area contributed by atoms with Crippen molar-refractivity contribution in [1.82, 2.24) is 4.31 Å². The highest BCUT2D eigenvalue weighted by Crippen LogP contribution is 2.16. The first kappa shape index (κ1) is 18.0. The number of benzene rings is 1. The van der Waals surface area contributed by atoms with Crippen LogP contribution in [-0.2, 0) is 19.6 Å². The van der Waals surface area contributed by atoms with Crippen molar-refractivity contribution in [2.75, 3.05) is 20.2 Å². The highest BCUT2D eigenvalue weighted by atomic mass is 32.2. The molecule has 0 aromatic heterocycles. The Balaban J connectivity index is 3.02. The number of carbonyl (C=O) groups is 1. The van der Waals surface area contributed by atoms with E-state index in [9.17, 15) is 13.2 Å². The Morgan fingerprint density at radius 2 is 1.95 bits per heavy atom. The lowest BCUT2D eigenvalue weighted by Gasteiger charge is -2.18. The van der Waals surface area contributed by atoms with E-state index in [0.29, 0.717) is 0 Å². The molecule has 118 valence electrons. The molecule has 0 fully saturated rings. The third-order valence-corrected chi connectivity index (χ3v) is 4.68. The Morgan fingerprint density at radius 3 is 2.50 bits per heavy atom. The van der Waals surface area contributed by atoms with Crippen molar-refractivity contribution in [3.05, 3.63) is 42.0 Å². The molecule has 1 aromatic carbocycles. The van der Waals surface area contributed by atoms with Crippen LogP contribution in [-0.4, -0.2) is 38.9 Å². The Hall–Kier alpha value is -2.10. The summed E-state index contributed by atoms with van der Waals surface area (Å²) in [6.07, 6.45) is 2.63. The van der Waals surface area contributed by atoms with Crippen LogP contribution in [0.1, 0.15) is 12.5 Å². The van der Waals surface area contributed by atoms with Crippen LogP contribution in [0, 0.1) is 18.8 Å². The standard InChI is InChI=1S/C16H19NO4S/c1-4-5-12-17(13-6-7-16(18)21-3)22(19,20)15-10-8-14(2)9-11-15/h6-11H,12-13H2,1-3H3/b7-6+. The third kappa shape index (κ3) is 5.02. The number of sulfonamides is 1. The topological polar surface area (TPSA) is 63.7 Å². The fourth-order valence-electron chi connectivity index (χ4n) is 1.61. The second kappa shape index (κ2) is 8.37. The summed E-state index contributed by atoms with van der Waals surface area (Å²) < 4.78 is 30.9. The molecule has 0 saturated carbocycles. The van der Waals surface area contributed by atoms with E-state index in [4.69, 9.17) is 0 Å². The van der Waals surface area contributed by atoms with Crippen LogP contribution < -0.4 is 0 Å². The highest BCUT2D eigenvalue weighted by Gasteiger charge is 2.22. The average molecular weight is 321 g/mol. The molecule has 0 heterocycles. The van der Waals surface area contributed by atoms with Gasteiger partial charge in [-0.25, -0.2) is 13.2 Å². The van der Waals surface area contributed by atoms with Gasteiger partial charge in [-0.1, -0.05) is 29.7 Å². The van der Waals surface area contributed by atoms with E-state index in [0.717, 1.165) is 5.56 Å². The number of ether oxygens (including phenoxy) is 1. The minimum atomic E-state index is -3.67. The van der Waals surface area contributed by atoms with Crippen LogP contribution in [0.5, 0.6) is 0 Å². The van der Waals surface area contributed by atoms with Gasteiger partial charge in [0.1, 0.15) is 0 Å². The van der Waals surface area contributed by atoms with E-state index in [1.807, 2.05) is 6.92 Å². The maximum atomic E-state index is 12.6. The van der Waals surface area contributed by atoms with Crippen LogP contribution in [0.2, 0.25) is 0 Å². The van der Waals surface area contributed by atoms with Gasteiger partial charge in [0.2, 0.25) is 10.0 Å². The summed E-state index contributed by atoms with van der Waals surface area (Å²) in [6.45, 7) is 3.62. The number of nitrogens with zero attached hydrogens (tertiary/aromatic N) is 1. The number of rotatable bonds is 6. The predicted octanol–water partition coefficient (Wildman–Crippen LogP) is 1.74. The first-order valence-electron chi connectivity index (χ1n) is 6.62. The van der Waals surface area contributed by atoms with Crippen LogP contribution >= 0.6 is 0 Å². The number of aryl methyl sites for hydroxylation is 1. The molecule has 0 saturated heterocycles. The van der Waals surface area contributed by atoms with Gasteiger partial charge < -0.3 is 4.74 Å². The zero-order valence-electron chi connectivity index (χ0n) is 12.9. The molecule has 1 aromatic rings. The SMILES string of the molecule is CC#CCN(C/C=C/C(=O)OC)S(=O)(=O)c1ccc(C)cc1.